The van der Waals surface area contributed by atoms with E-state index < -0.39 is 0 Å². The van der Waals surface area contributed by atoms with Gasteiger partial charge in [0.2, 0.25) is 5.91 Å². The van der Waals surface area contributed by atoms with Crippen molar-refractivity contribution in [3.8, 4) is 0 Å². The zero-order valence-corrected chi connectivity index (χ0v) is 14.4. The van der Waals surface area contributed by atoms with E-state index in [9.17, 15) is 9.59 Å². The van der Waals surface area contributed by atoms with Crippen LogP contribution >= 0.6 is 0 Å². The van der Waals surface area contributed by atoms with Crippen LogP contribution in [0, 0.1) is 5.92 Å². The van der Waals surface area contributed by atoms with Crippen molar-refractivity contribution in [1.29, 1.82) is 0 Å². The van der Waals surface area contributed by atoms with Crippen molar-refractivity contribution in [2.45, 2.75) is 39.7 Å². The number of hydrogen-bond donors (Lipinski definition) is 1. The highest BCUT2D eigenvalue weighted by molar-refractivity contribution is 5.96. The van der Waals surface area contributed by atoms with Crippen molar-refractivity contribution in [2.24, 2.45) is 5.92 Å². The van der Waals surface area contributed by atoms with Crippen molar-refractivity contribution in [3.05, 3.63) is 29.8 Å². The molecular formula is C18H26N2O3. The molecular weight excluding hydrogens is 292 g/mol. The van der Waals surface area contributed by atoms with Crippen LogP contribution < -0.4 is 5.32 Å². The molecule has 0 radical (unpaired) electrons. The molecule has 0 aliphatic carbocycles. The van der Waals surface area contributed by atoms with Gasteiger partial charge >= 0.3 is 0 Å². The maximum atomic E-state index is 12.7. The van der Waals surface area contributed by atoms with E-state index in [1.54, 1.807) is 24.3 Å². The minimum Gasteiger partial charge on any atom is -0.377 e. The molecule has 5 nitrogen and oxygen atoms in total. The molecule has 1 heterocycles. The number of nitrogens with zero attached hydrogens (tertiary/aromatic N) is 1. The number of carbonyl (C=O) groups excluding carboxylic acids is 2. The Morgan fingerprint density at radius 3 is 2.48 bits per heavy atom. The van der Waals surface area contributed by atoms with E-state index in [1.165, 1.54) is 0 Å². The third kappa shape index (κ3) is 4.55. The molecule has 126 valence electrons. The number of morpholine rings is 1. The first-order valence-electron chi connectivity index (χ1n) is 8.09. The summed E-state index contributed by atoms with van der Waals surface area (Å²) in [7, 11) is 0. The number of anilines is 1. The van der Waals surface area contributed by atoms with E-state index in [4.69, 9.17) is 4.74 Å². The lowest BCUT2D eigenvalue weighted by Gasteiger charge is -2.42. The van der Waals surface area contributed by atoms with E-state index in [0.29, 0.717) is 43.3 Å². The number of nitrogens with one attached hydrogen (secondary N) is 1. The molecule has 1 N–H and O–H groups in total. The van der Waals surface area contributed by atoms with Crippen LogP contribution in [0.2, 0.25) is 0 Å². The Labute approximate surface area is 138 Å². The normalized spacial score (nSPS) is 17.2. The van der Waals surface area contributed by atoms with Crippen molar-refractivity contribution >= 4 is 17.5 Å². The summed E-state index contributed by atoms with van der Waals surface area (Å²) in [6, 6.07) is 7.08. The molecule has 0 unspecified atom stereocenters. The van der Waals surface area contributed by atoms with Crippen LogP contribution in [0.5, 0.6) is 0 Å². The number of rotatable bonds is 4. The monoisotopic (exact) mass is 318 g/mol. The molecule has 0 atom stereocenters. The molecule has 1 saturated heterocycles. The van der Waals surface area contributed by atoms with Gasteiger partial charge in [0.1, 0.15) is 0 Å². The molecule has 2 rings (SSSR count). The van der Waals surface area contributed by atoms with Gasteiger partial charge in [-0.25, -0.2) is 0 Å². The Morgan fingerprint density at radius 2 is 1.91 bits per heavy atom. The lowest BCUT2D eigenvalue weighted by atomic mass is 10.0. The van der Waals surface area contributed by atoms with Gasteiger partial charge in [0.25, 0.3) is 5.91 Å². The van der Waals surface area contributed by atoms with Crippen molar-refractivity contribution in [1.82, 2.24) is 4.90 Å². The van der Waals surface area contributed by atoms with Gasteiger partial charge in [-0.2, -0.15) is 0 Å². The predicted octanol–water partition coefficient (Wildman–Crippen LogP) is 2.92. The third-order valence-corrected chi connectivity index (χ3v) is 3.90. The van der Waals surface area contributed by atoms with Crippen LogP contribution in [-0.2, 0) is 9.53 Å². The number of amides is 2. The van der Waals surface area contributed by atoms with Crippen molar-refractivity contribution in [2.75, 3.05) is 25.1 Å². The van der Waals surface area contributed by atoms with Gasteiger partial charge in [-0.3, -0.25) is 9.59 Å². The Morgan fingerprint density at radius 1 is 1.26 bits per heavy atom. The highest BCUT2D eigenvalue weighted by Gasteiger charge is 2.34. The zero-order valence-electron chi connectivity index (χ0n) is 14.4. The number of benzene rings is 1. The Kier molecular flexibility index (Phi) is 5.42. The highest BCUT2D eigenvalue weighted by atomic mass is 16.5. The summed E-state index contributed by atoms with van der Waals surface area (Å²) < 4.78 is 5.45. The summed E-state index contributed by atoms with van der Waals surface area (Å²) in [5.41, 5.74) is 1.04. The molecule has 0 aromatic heterocycles. The maximum Gasteiger partial charge on any atom is 0.254 e. The Hall–Kier alpha value is -1.88. The van der Waals surface area contributed by atoms with Crippen LogP contribution in [0.15, 0.2) is 24.3 Å². The molecule has 1 aliphatic heterocycles. The van der Waals surface area contributed by atoms with E-state index in [-0.39, 0.29) is 17.4 Å². The molecule has 1 aliphatic rings. The zero-order chi connectivity index (χ0) is 17.0. The topological polar surface area (TPSA) is 58.6 Å². The van der Waals surface area contributed by atoms with Crippen LogP contribution in [0.25, 0.3) is 0 Å². The molecule has 1 aromatic rings. The lowest BCUT2D eigenvalue weighted by Crippen LogP contribution is -2.55. The van der Waals surface area contributed by atoms with E-state index in [0.717, 1.165) is 0 Å². The molecule has 0 saturated carbocycles. The van der Waals surface area contributed by atoms with Crippen LogP contribution in [0.1, 0.15) is 44.5 Å². The molecule has 1 fully saturated rings. The summed E-state index contributed by atoms with van der Waals surface area (Å²) in [6.07, 6.45) is 0.489. The van der Waals surface area contributed by atoms with Gasteiger partial charge in [-0.1, -0.05) is 13.8 Å². The quantitative estimate of drug-likeness (QED) is 0.928. The second kappa shape index (κ2) is 7.13. The molecule has 0 bridgehead atoms. The first kappa shape index (κ1) is 17.5. The fraction of sp³-hybridized carbons (Fsp3) is 0.556. The van der Waals surface area contributed by atoms with Crippen LogP contribution in [0.4, 0.5) is 5.69 Å². The van der Waals surface area contributed by atoms with Gasteiger partial charge in [0.15, 0.2) is 0 Å². The van der Waals surface area contributed by atoms with Gasteiger partial charge < -0.3 is 15.0 Å². The average molecular weight is 318 g/mol. The fourth-order valence-electron chi connectivity index (χ4n) is 2.67. The number of carbonyl (C=O) groups is 2. The van der Waals surface area contributed by atoms with Gasteiger partial charge in [0, 0.05) is 24.2 Å². The van der Waals surface area contributed by atoms with Crippen LogP contribution in [0.3, 0.4) is 0 Å². The Balaban J connectivity index is 2.04. The summed E-state index contributed by atoms with van der Waals surface area (Å²) in [6.45, 7) is 9.73. The SMILES string of the molecule is CC(C)CC(=O)Nc1ccc(C(=O)N2CCOCC2(C)C)cc1. The van der Waals surface area contributed by atoms with Gasteiger partial charge in [-0.15, -0.1) is 0 Å². The minimum atomic E-state index is -0.306. The molecule has 0 spiro atoms. The smallest absolute Gasteiger partial charge is 0.254 e. The van der Waals surface area contributed by atoms with Gasteiger partial charge in [-0.05, 0) is 44.0 Å². The Bertz CT molecular complexity index is 564. The average Bonchev–Trinajstić information content (AvgIpc) is 2.46. The first-order chi connectivity index (χ1) is 10.8. The third-order valence-electron chi connectivity index (χ3n) is 3.90. The van der Waals surface area contributed by atoms with Crippen molar-refractivity contribution < 1.29 is 14.3 Å². The minimum absolute atomic E-state index is 0.00152. The molecule has 5 heteroatoms. The number of hydrogen-bond acceptors (Lipinski definition) is 3. The summed E-state index contributed by atoms with van der Waals surface area (Å²) >= 11 is 0. The molecule has 2 amide bonds. The second-order valence-corrected chi connectivity index (χ2v) is 7.05. The second-order valence-electron chi connectivity index (χ2n) is 7.05. The standard InChI is InChI=1S/C18H26N2O3/c1-13(2)11-16(21)19-15-7-5-14(6-8-15)17(22)20-9-10-23-12-18(20,3)4/h5-8,13H,9-12H2,1-4H3,(H,19,21). The number of ether oxygens (including phenoxy) is 1. The fourth-order valence-corrected chi connectivity index (χ4v) is 2.67. The van der Waals surface area contributed by atoms with E-state index in [1.807, 2.05) is 32.6 Å². The summed E-state index contributed by atoms with van der Waals surface area (Å²) in [5.74, 6) is 0.311. The maximum absolute atomic E-state index is 12.7. The molecule has 23 heavy (non-hydrogen) atoms. The largest absolute Gasteiger partial charge is 0.377 e. The van der Waals surface area contributed by atoms with E-state index in [2.05, 4.69) is 5.32 Å². The molecule has 1 aromatic carbocycles. The first-order valence-corrected chi connectivity index (χ1v) is 8.09. The van der Waals surface area contributed by atoms with Crippen LogP contribution in [-0.4, -0.2) is 42.0 Å². The summed E-state index contributed by atoms with van der Waals surface area (Å²) in [4.78, 5) is 26.3. The predicted molar refractivity (Wildman–Crippen MR) is 90.5 cm³/mol. The summed E-state index contributed by atoms with van der Waals surface area (Å²) in [5, 5.41) is 2.85. The van der Waals surface area contributed by atoms with Crippen molar-refractivity contribution in [3.63, 3.8) is 0 Å². The lowest BCUT2D eigenvalue weighted by molar-refractivity contribution is -0.116. The van der Waals surface area contributed by atoms with E-state index >= 15 is 0 Å². The van der Waals surface area contributed by atoms with Gasteiger partial charge in [0.05, 0.1) is 18.8 Å². The highest BCUT2D eigenvalue weighted by Crippen LogP contribution is 2.22.